The smallest absolute Gasteiger partial charge is 0.250 e. The van der Waals surface area contributed by atoms with E-state index in [1.165, 1.54) is 23.0 Å². The molecule has 0 aliphatic rings. The molecule has 5 heteroatoms. The Kier molecular flexibility index (Phi) is 5.23. The van der Waals surface area contributed by atoms with Gasteiger partial charge in [0, 0.05) is 11.5 Å². The second-order valence-electron chi connectivity index (χ2n) is 5.66. The van der Waals surface area contributed by atoms with Crippen LogP contribution in [0.4, 0.5) is 5.13 Å². The van der Waals surface area contributed by atoms with Gasteiger partial charge in [-0.25, -0.2) is 4.98 Å². The van der Waals surface area contributed by atoms with E-state index in [1.54, 1.807) is 11.3 Å². The van der Waals surface area contributed by atoms with Crippen LogP contribution >= 0.6 is 22.7 Å². The number of anilines is 1. The van der Waals surface area contributed by atoms with Gasteiger partial charge in [0.1, 0.15) is 0 Å². The van der Waals surface area contributed by atoms with Gasteiger partial charge in [-0.1, -0.05) is 44.2 Å². The van der Waals surface area contributed by atoms with Crippen molar-refractivity contribution in [1.29, 1.82) is 0 Å². The first kappa shape index (κ1) is 16.6. The predicted molar refractivity (Wildman–Crippen MR) is 104 cm³/mol. The lowest BCUT2D eigenvalue weighted by atomic mass is 10.0. The van der Waals surface area contributed by atoms with Crippen LogP contribution in [0, 0.1) is 0 Å². The minimum Gasteiger partial charge on any atom is -0.298 e. The summed E-state index contributed by atoms with van der Waals surface area (Å²) < 4.78 is 0. The number of amides is 1. The number of carbonyl (C=O) groups is 1. The number of thiophene rings is 1. The van der Waals surface area contributed by atoms with Gasteiger partial charge in [0.25, 0.3) is 0 Å². The van der Waals surface area contributed by atoms with E-state index in [0.717, 1.165) is 16.1 Å². The second kappa shape index (κ2) is 7.55. The van der Waals surface area contributed by atoms with Crippen LogP contribution in [-0.2, 0) is 4.79 Å². The number of nitrogens with one attached hydrogen (secondary N) is 1. The number of nitrogens with zero attached hydrogens (tertiary/aromatic N) is 1. The van der Waals surface area contributed by atoms with Crippen LogP contribution in [0.25, 0.3) is 16.6 Å². The Bertz CT molecular complexity index is 831. The van der Waals surface area contributed by atoms with Gasteiger partial charge in [0.05, 0.1) is 10.6 Å². The van der Waals surface area contributed by atoms with E-state index in [9.17, 15) is 4.79 Å². The van der Waals surface area contributed by atoms with Gasteiger partial charge in [0.2, 0.25) is 5.91 Å². The summed E-state index contributed by atoms with van der Waals surface area (Å²) >= 11 is 3.07. The van der Waals surface area contributed by atoms with E-state index in [1.807, 2.05) is 41.1 Å². The summed E-state index contributed by atoms with van der Waals surface area (Å²) in [4.78, 5) is 17.6. The summed E-state index contributed by atoms with van der Waals surface area (Å²) in [5, 5.41) is 7.39. The quantitative estimate of drug-likeness (QED) is 0.602. The number of aromatic nitrogens is 1. The Morgan fingerprint density at radius 3 is 2.62 bits per heavy atom. The number of hydrogen-bond acceptors (Lipinski definition) is 4. The predicted octanol–water partition coefficient (Wildman–Crippen LogP) is 5.65. The highest BCUT2D eigenvalue weighted by Gasteiger charge is 2.07. The average Bonchev–Trinajstić information content (AvgIpc) is 3.24. The van der Waals surface area contributed by atoms with Crippen LogP contribution in [-0.4, -0.2) is 10.9 Å². The van der Waals surface area contributed by atoms with Crippen molar-refractivity contribution in [2.24, 2.45) is 0 Å². The molecule has 0 aliphatic heterocycles. The molecule has 0 aliphatic carbocycles. The van der Waals surface area contributed by atoms with Crippen LogP contribution in [0.15, 0.2) is 53.2 Å². The lowest BCUT2D eigenvalue weighted by Crippen LogP contribution is -2.07. The van der Waals surface area contributed by atoms with Gasteiger partial charge in [-0.3, -0.25) is 10.1 Å². The number of rotatable bonds is 5. The van der Waals surface area contributed by atoms with E-state index >= 15 is 0 Å². The molecular weight excluding hydrogens is 336 g/mol. The Morgan fingerprint density at radius 1 is 1.17 bits per heavy atom. The molecule has 0 atom stereocenters. The molecule has 0 saturated heterocycles. The summed E-state index contributed by atoms with van der Waals surface area (Å²) in [6.45, 7) is 4.33. The second-order valence-corrected chi connectivity index (χ2v) is 7.46. The summed E-state index contributed by atoms with van der Waals surface area (Å²) in [5.74, 6) is 0.337. The van der Waals surface area contributed by atoms with E-state index in [4.69, 9.17) is 0 Å². The minimum absolute atomic E-state index is 0.171. The highest BCUT2D eigenvalue weighted by molar-refractivity contribution is 7.16. The topological polar surface area (TPSA) is 42.0 Å². The van der Waals surface area contributed by atoms with Gasteiger partial charge in [0.15, 0.2) is 5.13 Å². The van der Waals surface area contributed by atoms with Crippen LogP contribution in [0.2, 0.25) is 0 Å². The van der Waals surface area contributed by atoms with E-state index in [-0.39, 0.29) is 5.91 Å². The Hall–Kier alpha value is -2.24. The summed E-state index contributed by atoms with van der Waals surface area (Å²) in [6.07, 6.45) is 3.35. The largest absolute Gasteiger partial charge is 0.298 e. The van der Waals surface area contributed by atoms with Crippen molar-refractivity contribution in [3.63, 3.8) is 0 Å². The Morgan fingerprint density at radius 2 is 1.96 bits per heavy atom. The van der Waals surface area contributed by atoms with Gasteiger partial charge < -0.3 is 0 Å². The maximum Gasteiger partial charge on any atom is 0.250 e. The summed E-state index contributed by atoms with van der Waals surface area (Å²) in [6, 6.07) is 12.2. The number of benzene rings is 1. The summed E-state index contributed by atoms with van der Waals surface area (Å²) in [5.41, 5.74) is 3.20. The first-order chi connectivity index (χ1) is 11.6. The van der Waals surface area contributed by atoms with Crippen molar-refractivity contribution in [3.8, 4) is 10.6 Å². The maximum atomic E-state index is 12.0. The summed E-state index contributed by atoms with van der Waals surface area (Å²) in [7, 11) is 0. The zero-order valence-corrected chi connectivity index (χ0v) is 15.2. The molecule has 0 unspecified atom stereocenters. The molecule has 3 aromatic rings. The molecule has 1 N–H and O–H groups in total. The molecule has 0 spiro atoms. The first-order valence-corrected chi connectivity index (χ1v) is 9.46. The van der Waals surface area contributed by atoms with Crippen molar-refractivity contribution in [1.82, 2.24) is 4.98 Å². The lowest BCUT2D eigenvalue weighted by molar-refractivity contribution is -0.111. The lowest BCUT2D eigenvalue weighted by Gasteiger charge is -2.04. The standard InChI is InChI=1S/C19H18N2OS2/c1-13(2)15-8-5-14(6-9-15)7-10-18(22)21-19-20-16(12-24-19)17-4-3-11-23-17/h3-13H,1-2H3,(H,20,21,22). The Labute approximate surface area is 149 Å². The maximum absolute atomic E-state index is 12.0. The molecule has 0 radical (unpaired) electrons. The molecule has 2 heterocycles. The molecule has 1 amide bonds. The molecule has 0 fully saturated rings. The SMILES string of the molecule is CC(C)c1ccc(C=CC(=O)Nc2nc(-c3cccs3)cs2)cc1. The van der Waals surface area contributed by atoms with Crippen LogP contribution in [0.3, 0.4) is 0 Å². The molecule has 0 saturated carbocycles. The van der Waals surface area contributed by atoms with Gasteiger partial charge in [-0.05, 0) is 34.6 Å². The van der Waals surface area contributed by atoms with Crippen molar-refractivity contribution >= 4 is 39.8 Å². The molecule has 0 bridgehead atoms. The normalized spacial score (nSPS) is 11.3. The third kappa shape index (κ3) is 4.19. The number of carbonyl (C=O) groups excluding carboxylic acids is 1. The van der Waals surface area contributed by atoms with Crippen LogP contribution in [0.1, 0.15) is 30.9 Å². The third-order valence-electron chi connectivity index (χ3n) is 3.54. The monoisotopic (exact) mass is 354 g/mol. The highest BCUT2D eigenvalue weighted by Crippen LogP contribution is 2.28. The van der Waals surface area contributed by atoms with Crippen LogP contribution < -0.4 is 5.32 Å². The highest BCUT2D eigenvalue weighted by atomic mass is 32.1. The van der Waals surface area contributed by atoms with Gasteiger partial charge in [-0.15, -0.1) is 22.7 Å². The number of thiazole rings is 1. The molecular formula is C19H18N2OS2. The zero-order chi connectivity index (χ0) is 16.9. The number of hydrogen-bond donors (Lipinski definition) is 1. The van der Waals surface area contributed by atoms with Crippen LogP contribution in [0.5, 0.6) is 0 Å². The Balaban J connectivity index is 1.61. The zero-order valence-electron chi connectivity index (χ0n) is 13.5. The average molecular weight is 354 g/mol. The van der Waals surface area contributed by atoms with E-state index in [0.29, 0.717) is 11.0 Å². The fraction of sp³-hybridized carbons (Fsp3) is 0.158. The molecule has 122 valence electrons. The molecule has 1 aromatic carbocycles. The molecule has 3 rings (SSSR count). The fourth-order valence-electron chi connectivity index (χ4n) is 2.18. The van der Waals surface area contributed by atoms with Crippen molar-refractivity contribution < 1.29 is 4.79 Å². The minimum atomic E-state index is -0.171. The molecule has 2 aromatic heterocycles. The van der Waals surface area contributed by atoms with Crippen molar-refractivity contribution in [2.75, 3.05) is 5.32 Å². The van der Waals surface area contributed by atoms with E-state index in [2.05, 4.69) is 36.3 Å². The van der Waals surface area contributed by atoms with Crippen molar-refractivity contribution in [2.45, 2.75) is 19.8 Å². The fourth-order valence-corrected chi connectivity index (χ4v) is 3.65. The third-order valence-corrected chi connectivity index (χ3v) is 5.19. The molecule has 3 nitrogen and oxygen atoms in total. The molecule has 24 heavy (non-hydrogen) atoms. The first-order valence-electron chi connectivity index (χ1n) is 7.70. The van der Waals surface area contributed by atoms with Gasteiger partial charge in [-0.2, -0.15) is 0 Å². The van der Waals surface area contributed by atoms with Gasteiger partial charge >= 0.3 is 0 Å². The van der Waals surface area contributed by atoms with Crippen molar-refractivity contribution in [3.05, 3.63) is 64.4 Å². The van der Waals surface area contributed by atoms with E-state index < -0.39 is 0 Å².